The van der Waals surface area contributed by atoms with Crippen LogP contribution in [0.5, 0.6) is 11.5 Å². The Morgan fingerprint density at radius 2 is 1.83 bits per heavy atom. The van der Waals surface area contributed by atoms with Gasteiger partial charge in [0.25, 0.3) is 11.8 Å². The average molecular weight is 473 g/mol. The highest BCUT2D eigenvalue weighted by Gasteiger charge is 2.37. The summed E-state index contributed by atoms with van der Waals surface area (Å²) in [6, 6.07) is 9.54. The van der Waals surface area contributed by atoms with Crippen LogP contribution in [-0.2, 0) is 9.59 Å². The van der Waals surface area contributed by atoms with Crippen molar-refractivity contribution in [1.29, 1.82) is 0 Å². The Hall–Kier alpha value is -3.13. The molecule has 8 heteroatoms. The summed E-state index contributed by atoms with van der Waals surface area (Å²) in [7, 11) is 1.50. The van der Waals surface area contributed by atoms with Gasteiger partial charge < -0.3 is 9.47 Å². The molecule has 1 saturated heterocycles. The fraction of sp³-hybridized carbons (Fsp3) is 0.227. The molecule has 0 spiro atoms. The van der Waals surface area contributed by atoms with Crippen LogP contribution >= 0.6 is 15.9 Å². The predicted molar refractivity (Wildman–Crippen MR) is 117 cm³/mol. The van der Waals surface area contributed by atoms with Gasteiger partial charge in [-0.1, -0.05) is 18.2 Å². The number of amides is 4. The van der Waals surface area contributed by atoms with Crippen molar-refractivity contribution < 1.29 is 23.9 Å². The number of nitrogens with zero attached hydrogens (tertiary/aromatic N) is 1. The SMILES string of the molecule is COc1cc(/C=C2\C(=O)NC(=O)N(c3ccccc3C)C2=O)cc(Br)c1OC(C)C. The number of urea groups is 1. The first kappa shape index (κ1) is 21.6. The van der Waals surface area contributed by atoms with Gasteiger partial charge in [-0.05, 0) is 72.1 Å². The maximum atomic E-state index is 13.1. The van der Waals surface area contributed by atoms with Gasteiger partial charge in [-0.15, -0.1) is 0 Å². The Bertz CT molecular complexity index is 1060. The highest BCUT2D eigenvalue weighted by Crippen LogP contribution is 2.38. The molecule has 0 unspecified atom stereocenters. The second-order valence-corrected chi connectivity index (χ2v) is 7.80. The number of halogens is 1. The smallest absolute Gasteiger partial charge is 0.335 e. The Balaban J connectivity index is 2.05. The van der Waals surface area contributed by atoms with E-state index < -0.39 is 17.8 Å². The summed E-state index contributed by atoms with van der Waals surface area (Å²) < 4.78 is 11.8. The van der Waals surface area contributed by atoms with E-state index in [1.807, 2.05) is 13.8 Å². The second-order valence-electron chi connectivity index (χ2n) is 6.95. The number of para-hydroxylation sites is 1. The van der Waals surface area contributed by atoms with Gasteiger partial charge in [-0.3, -0.25) is 14.9 Å². The number of ether oxygens (including phenoxy) is 2. The van der Waals surface area contributed by atoms with Crippen LogP contribution in [0.3, 0.4) is 0 Å². The van der Waals surface area contributed by atoms with Crippen LogP contribution in [0.1, 0.15) is 25.0 Å². The molecule has 30 heavy (non-hydrogen) atoms. The maximum absolute atomic E-state index is 13.1. The fourth-order valence-corrected chi connectivity index (χ4v) is 3.58. The molecule has 0 saturated carbocycles. The van der Waals surface area contributed by atoms with Crippen molar-refractivity contribution in [3.8, 4) is 11.5 Å². The molecule has 0 aromatic heterocycles. The molecule has 0 atom stereocenters. The number of carbonyl (C=O) groups excluding carboxylic acids is 3. The number of nitrogens with one attached hydrogen (secondary N) is 1. The fourth-order valence-electron chi connectivity index (χ4n) is 3.03. The normalized spacial score (nSPS) is 15.6. The minimum absolute atomic E-state index is 0.0706. The standard InChI is InChI=1S/C22H21BrN2O5/c1-12(2)30-19-16(23)10-14(11-18(19)29-4)9-15-20(26)24-22(28)25(21(15)27)17-8-6-5-7-13(17)3/h5-12H,1-4H3,(H,24,26,28)/b15-9+. The van der Waals surface area contributed by atoms with Gasteiger partial charge in [0.1, 0.15) is 5.57 Å². The summed E-state index contributed by atoms with van der Waals surface area (Å²) in [6.07, 6.45) is 1.35. The third-order valence-corrected chi connectivity index (χ3v) is 4.96. The van der Waals surface area contributed by atoms with Crippen molar-refractivity contribution in [3.05, 3.63) is 57.6 Å². The minimum atomic E-state index is -0.782. The van der Waals surface area contributed by atoms with E-state index in [9.17, 15) is 14.4 Å². The molecule has 3 rings (SSSR count). The number of aryl methyl sites for hydroxylation is 1. The third kappa shape index (κ3) is 4.23. The average Bonchev–Trinajstić information content (AvgIpc) is 2.68. The number of rotatable bonds is 5. The van der Waals surface area contributed by atoms with E-state index in [4.69, 9.17) is 9.47 Å². The number of hydrogen-bond donors (Lipinski definition) is 1. The van der Waals surface area contributed by atoms with Crippen LogP contribution in [0.25, 0.3) is 6.08 Å². The zero-order valence-corrected chi connectivity index (χ0v) is 18.6. The Morgan fingerprint density at radius 3 is 2.47 bits per heavy atom. The van der Waals surface area contributed by atoms with E-state index >= 15 is 0 Å². The van der Waals surface area contributed by atoms with E-state index in [0.717, 1.165) is 10.5 Å². The first-order valence-electron chi connectivity index (χ1n) is 9.24. The summed E-state index contributed by atoms with van der Waals surface area (Å²) in [6.45, 7) is 5.57. The predicted octanol–water partition coefficient (Wildman–Crippen LogP) is 4.22. The van der Waals surface area contributed by atoms with Crippen molar-refractivity contribution in [1.82, 2.24) is 5.32 Å². The molecule has 2 aromatic rings. The van der Waals surface area contributed by atoms with Crippen LogP contribution < -0.4 is 19.7 Å². The summed E-state index contributed by atoms with van der Waals surface area (Å²) in [5, 5.41) is 2.23. The number of methoxy groups -OCH3 is 1. The van der Waals surface area contributed by atoms with Gasteiger partial charge in [0.05, 0.1) is 23.4 Å². The highest BCUT2D eigenvalue weighted by atomic mass is 79.9. The molecule has 0 aliphatic carbocycles. The molecular formula is C22H21BrN2O5. The zero-order chi connectivity index (χ0) is 22.0. The minimum Gasteiger partial charge on any atom is -0.493 e. The molecule has 1 aliphatic heterocycles. The lowest BCUT2D eigenvalue weighted by Gasteiger charge is -2.27. The first-order valence-corrected chi connectivity index (χ1v) is 10.0. The molecule has 2 aromatic carbocycles. The molecule has 156 valence electrons. The summed E-state index contributed by atoms with van der Waals surface area (Å²) in [4.78, 5) is 38.8. The number of imide groups is 2. The molecule has 7 nitrogen and oxygen atoms in total. The van der Waals surface area contributed by atoms with Gasteiger partial charge in [0.15, 0.2) is 11.5 Å². The quantitative estimate of drug-likeness (QED) is 0.520. The van der Waals surface area contributed by atoms with Gasteiger partial charge in [-0.25, -0.2) is 9.69 Å². The summed E-state index contributed by atoms with van der Waals surface area (Å²) >= 11 is 3.45. The lowest BCUT2D eigenvalue weighted by molar-refractivity contribution is -0.122. The van der Waals surface area contributed by atoms with Crippen molar-refractivity contribution in [2.75, 3.05) is 12.0 Å². The van der Waals surface area contributed by atoms with Gasteiger partial charge in [0.2, 0.25) is 0 Å². The molecule has 0 bridgehead atoms. The van der Waals surface area contributed by atoms with Crippen molar-refractivity contribution in [3.63, 3.8) is 0 Å². The molecule has 1 N–H and O–H groups in total. The van der Waals surface area contributed by atoms with Crippen LogP contribution in [0, 0.1) is 6.92 Å². The molecule has 1 heterocycles. The zero-order valence-electron chi connectivity index (χ0n) is 17.0. The van der Waals surface area contributed by atoms with Crippen molar-refractivity contribution in [2.24, 2.45) is 0 Å². The second kappa shape index (κ2) is 8.71. The summed E-state index contributed by atoms with van der Waals surface area (Å²) in [5.41, 5.74) is 1.52. The van der Waals surface area contributed by atoms with E-state index in [2.05, 4.69) is 21.2 Å². The largest absolute Gasteiger partial charge is 0.493 e. The van der Waals surface area contributed by atoms with Gasteiger partial charge in [-0.2, -0.15) is 0 Å². The van der Waals surface area contributed by atoms with Crippen molar-refractivity contribution >= 4 is 45.5 Å². The van der Waals surface area contributed by atoms with Crippen LogP contribution in [0.15, 0.2) is 46.4 Å². The highest BCUT2D eigenvalue weighted by molar-refractivity contribution is 9.10. The Morgan fingerprint density at radius 1 is 1.13 bits per heavy atom. The van der Waals surface area contributed by atoms with Crippen LogP contribution in [0.2, 0.25) is 0 Å². The molecule has 0 radical (unpaired) electrons. The van der Waals surface area contributed by atoms with Gasteiger partial charge >= 0.3 is 6.03 Å². The lowest BCUT2D eigenvalue weighted by Crippen LogP contribution is -2.54. The number of benzene rings is 2. The van der Waals surface area contributed by atoms with E-state index in [1.165, 1.54) is 13.2 Å². The maximum Gasteiger partial charge on any atom is 0.335 e. The first-order chi connectivity index (χ1) is 14.2. The third-order valence-electron chi connectivity index (χ3n) is 4.37. The van der Waals surface area contributed by atoms with Crippen LogP contribution in [0.4, 0.5) is 10.5 Å². The van der Waals surface area contributed by atoms with Gasteiger partial charge in [0, 0.05) is 0 Å². The number of carbonyl (C=O) groups is 3. The van der Waals surface area contributed by atoms with E-state index in [-0.39, 0.29) is 11.7 Å². The monoisotopic (exact) mass is 472 g/mol. The lowest BCUT2D eigenvalue weighted by atomic mass is 10.1. The molecule has 1 aliphatic rings. The Kier molecular flexibility index (Phi) is 6.26. The van der Waals surface area contributed by atoms with Crippen LogP contribution in [-0.4, -0.2) is 31.1 Å². The number of barbiturate groups is 1. The number of hydrogen-bond acceptors (Lipinski definition) is 5. The molecular weight excluding hydrogens is 452 g/mol. The van der Waals surface area contributed by atoms with Crippen molar-refractivity contribution in [2.45, 2.75) is 26.9 Å². The molecule has 1 fully saturated rings. The Labute approximate surface area is 182 Å². The summed E-state index contributed by atoms with van der Waals surface area (Å²) in [5.74, 6) is -0.491. The topological polar surface area (TPSA) is 84.9 Å². The number of anilines is 1. The molecule has 4 amide bonds. The van der Waals surface area contributed by atoms with E-state index in [1.54, 1.807) is 43.3 Å². The van der Waals surface area contributed by atoms with E-state index in [0.29, 0.717) is 27.2 Å².